The Kier molecular flexibility index (Phi) is 4.46. The lowest BCUT2D eigenvalue weighted by molar-refractivity contribution is -0.334. The van der Waals surface area contributed by atoms with Crippen molar-refractivity contribution in [1.82, 2.24) is 0 Å². The molecule has 3 N–H and O–H groups in total. The van der Waals surface area contributed by atoms with Gasteiger partial charge < -0.3 is 19.4 Å². The van der Waals surface area contributed by atoms with Crippen LogP contribution < -0.4 is 15.1 Å². The fourth-order valence-corrected chi connectivity index (χ4v) is 3.82. The molecular formula is C23H20NO6+. The van der Waals surface area contributed by atoms with Crippen LogP contribution in [0, 0.1) is 20.8 Å². The van der Waals surface area contributed by atoms with Crippen LogP contribution >= 0.6 is 0 Å². The van der Waals surface area contributed by atoms with Gasteiger partial charge in [0.15, 0.2) is 5.43 Å². The molecule has 0 spiro atoms. The van der Waals surface area contributed by atoms with Crippen molar-refractivity contribution >= 4 is 17.1 Å². The summed E-state index contributed by atoms with van der Waals surface area (Å²) in [6.45, 7) is 6.64. The second-order valence-corrected chi connectivity index (χ2v) is 7.34. The minimum absolute atomic E-state index is 0.0715. The number of carbonyl (C=O) groups is 1. The average Bonchev–Trinajstić information content (AvgIpc) is 2.61. The van der Waals surface area contributed by atoms with Crippen LogP contribution in [0.5, 0.6) is 17.2 Å². The fourth-order valence-electron chi connectivity index (χ4n) is 3.82. The largest absolute Gasteiger partial charge is 0.508 e. The molecule has 0 amide bonds. The molecular weight excluding hydrogens is 386 g/mol. The molecule has 1 heterocycles. The number of hydrogen-bond donors (Lipinski definition) is 2. The Labute approximate surface area is 171 Å². The lowest BCUT2D eigenvalue weighted by Gasteiger charge is -2.16. The van der Waals surface area contributed by atoms with Crippen LogP contribution in [-0.2, 0) is 4.79 Å². The Hall–Kier alpha value is -3.87. The molecule has 2 aromatic rings. The van der Waals surface area contributed by atoms with E-state index in [9.17, 15) is 19.8 Å². The topological polar surface area (TPSA) is 111 Å². The molecule has 0 unspecified atom stereocenters. The zero-order valence-corrected chi connectivity index (χ0v) is 16.9. The molecule has 7 nitrogen and oxygen atoms in total. The molecule has 0 bridgehead atoms. The molecule has 0 saturated heterocycles. The van der Waals surface area contributed by atoms with E-state index in [0.717, 1.165) is 5.56 Å². The molecule has 30 heavy (non-hydrogen) atoms. The minimum Gasteiger partial charge on any atom is -0.508 e. The maximum atomic E-state index is 11.9. The number of esters is 1. The normalized spacial score (nSPS) is 11.2. The van der Waals surface area contributed by atoms with E-state index in [2.05, 4.69) is 4.98 Å². The smallest absolute Gasteiger partial charge is 0.308 e. The Morgan fingerprint density at radius 3 is 2.40 bits per heavy atom. The fraction of sp³-hybridized carbons (Fsp3) is 0.174. The molecule has 2 aromatic carbocycles. The molecule has 1 aliphatic heterocycles. The first-order chi connectivity index (χ1) is 14.2. The maximum absolute atomic E-state index is 11.9. The molecule has 0 atom stereocenters. The molecule has 4 rings (SSSR count). The van der Waals surface area contributed by atoms with Crippen LogP contribution in [-0.4, -0.2) is 16.2 Å². The number of aryl methyl sites for hydroxylation is 3. The summed E-state index contributed by atoms with van der Waals surface area (Å²) < 4.78 is 11.4. The highest BCUT2D eigenvalue weighted by atomic mass is 16.5. The number of ether oxygens (including phenoxy) is 1. The van der Waals surface area contributed by atoms with Gasteiger partial charge in [0.05, 0.1) is 0 Å². The summed E-state index contributed by atoms with van der Waals surface area (Å²) in [5.74, 6) is -0.167. The van der Waals surface area contributed by atoms with Crippen molar-refractivity contribution in [2.45, 2.75) is 27.7 Å². The Morgan fingerprint density at radius 2 is 1.73 bits per heavy atom. The van der Waals surface area contributed by atoms with E-state index < -0.39 is 5.97 Å². The van der Waals surface area contributed by atoms with Crippen molar-refractivity contribution in [1.29, 1.82) is 0 Å². The van der Waals surface area contributed by atoms with E-state index in [1.165, 1.54) is 31.2 Å². The van der Waals surface area contributed by atoms with Gasteiger partial charge in [0, 0.05) is 47.4 Å². The number of benzene rings is 3. The number of nitrogens with one attached hydrogen (secondary N) is 1. The van der Waals surface area contributed by atoms with Crippen molar-refractivity contribution in [2.24, 2.45) is 0 Å². The number of hydrogen-bond acceptors (Lipinski definition) is 6. The number of phenols is 2. The summed E-state index contributed by atoms with van der Waals surface area (Å²) in [5, 5.41) is 20.4. The van der Waals surface area contributed by atoms with Gasteiger partial charge in [0.1, 0.15) is 17.2 Å². The molecule has 2 aliphatic rings. The maximum Gasteiger partial charge on any atom is 0.308 e. The summed E-state index contributed by atoms with van der Waals surface area (Å²) >= 11 is 0. The number of aromatic amines is 1. The van der Waals surface area contributed by atoms with Crippen molar-refractivity contribution in [2.75, 3.05) is 0 Å². The highest BCUT2D eigenvalue weighted by Gasteiger charge is 2.27. The standard InChI is InChI=1S/C23H19NO6/c1-10-5-14(26)7-16(28)20(10)21-12(3)23-19(9-17(21)29-13(4)25)30-18-8-15(27)6-11(2)22(18)24-23/h5-9,26,28H,1-4H3/p+1. The molecule has 0 aromatic heterocycles. The van der Waals surface area contributed by atoms with Crippen molar-refractivity contribution in [3.05, 3.63) is 57.2 Å². The van der Waals surface area contributed by atoms with Crippen LogP contribution in [0.1, 0.15) is 23.6 Å². The number of aromatic nitrogens is 1. The molecule has 7 heteroatoms. The van der Waals surface area contributed by atoms with Crippen molar-refractivity contribution in [3.8, 4) is 39.8 Å². The van der Waals surface area contributed by atoms with Gasteiger partial charge in [-0.25, -0.2) is 0 Å². The molecule has 0 radical (unpaired) electrons. The van der Waals surface area contributed by atoms with Gasteiger partial charge in [-0.1, -0.05) is 0 Å². The zero-order chi connectivity index (χ0) is 21.7. The monoisotopic (exact) mass is 406 g/mol. The van der Waals surface area contributed by atoms with E-state index in [1.54, 1.807) is 19.9 Å². The van der Waals surface area contributed by atoms with Gasteiger partial charge >= 0.3 is 5.97 Å². The lowest BCUT2D eigenvalue weighted by Crippen LogP contribution is -2.16. The first-order valence-electron chi connectivity index (χ1n) is 9.31. The number of aromatic hydroxyl groups is 2. The minimum atomic E-state index is -0.534. The van der Waals surface area contributed by atoms with Gasteiger partial charge in [0.2, 0.25) is 17.0 Å². The highest BCUT2D eigenvalue weighted by molar-refractivity contribution is 5.92. The van der Waals surface area contributed by atoms with Gasteiger partial charge in [-0.15, -0.1) is 0 Å². The predicted molar refractivity (Wildman–Crippen MR) is 110 cm³/mol. The third-order valence-electron chi connectivity index (χ3n) is 5.05. The molecule has 1 aliphatic carbocycles. The SMILES string of the molecule is CC(=O)Oc1cc2oc3cc(=O)cc(C)c-3[nH+]c2c(C)c1-c1c(C)cc(O)cc1O. The zero-order valence-electron chi connectivity index (χ0n) is 16.9. The summed E-state index contributed by atoms with van der Waals surface area (Å²) in [7, 11) is 0. The van der Waals surface area contributed by atoms with Crippen LogP contribution in [0.3, 0.4) is 0 Å². The summed E-state index contributed by atoms with van der Waals surface area (Å²) in [6.07, 6.45) is 0. The van der Waals surface area contributed by atoms with E-state index in [0.29, 0.717) is 44.8 Å². The van der Waals surface area contributed by atoms with Crippen molar-refractivity contribution in [3.63, 3.8) is 0 Å². The van der Waals surface area contributed by atoms with E-state index in [4.69, 9.17) is 9.15 Å². The Balaban J connectivity index is 2.15. The first-order valence-corrected chi connectivity index (χ1v) is 9.31. The van der Waals surface area contributed by atoms with Gasteiger partial charge in [-0.05, 0) is 38.5 Å². The van der Waals surface area contributed by atoms with Crippen LogP contribution in [0.2, 0.25) is 0 Å². The third kappa shape index (κ3) is 3.14. The number of phenolic OH excluding ortho intramolecular Hbond substituents is 2. The van der Waals surface area contributed by atoms with Crippen molar-refractivity contribution < 1.29 is 29.1 Å². The van der Waals surface area contributed by atoms with Crippen LogP contribution in [0.25, 0.3) is 33.7 Å². The Morgan fingerprint density at radius 1 is 1.00 bits per heavy atom. The number of H-pyrrole nitrogens is 1. The number of fused-ring (bicyclic) bond motifs is 2. The van der Waals surface area contributed by atoms with Crippen LogP contribution in [0.15, 0.2) is 39.5 Å². The summed E-state index contributed by atoms with van der Waals surface area (Å²) in [4.78, 5) is 26.9. The second-order valence-electron chi connectivity index (χ2n) is 7.34. The highest BCUT2D eigenvalue weighted by Crippen LogP contribution is 2.44. The lowest BCUT2D eigenvalue weighted by atomic mass is 9.93. The molecule has 0 fully saturated rings. The van der Waals surface area contributed by atoms with E-state index >= 15 is 0 Å². The van der Waals surface area contributed by atoms with Crippen LogP contribution in [0.4, 0.5) is 0 Å². The molecule has 0 saturated carbocycles. The predicted octanol–water partition coefficient (Wildman–Crippen LogP) is 3.64. The quantitative estimate of drug-likeness (QED) is 0.299. The molecule has 152 valence electrons. The average molecular weight is 406 g/mol. The number of rotatable bonds is 2. The second kappa shape index (κ2) is 6.88. The van der Waals surface area contributed by atoms with E-state index in [1.807, 2.05) is 6.92 Å². The van der Waals surface area contributed by atoms with E-state index in [-0.39, 0.29) is 22.7 Å². The van der Waals surface area contributed by atoms with Gasteiger partial charge in [-0.3, -0.25) is 9.59 Å². The first kappa shape index (κ1) is 19.4. The van der Waals surface area contributed by atoms with Gasteiger partial charge in [0.25, 0.3) is 5.52 Å². The van der Waals surface area contributed by atoms with Gasteiger partial charge in [-0.2, -0.15) is 4.98 Å². The summed E-state index contributed by atoms with van der Waals surface area (Å²) in [5.41, 5.74) is 4.45. The Bertz CT molecular complexity index is 1350. The number of carbonyl (C=O) groups excluding carboxylic acids is 1. The third-order valence-corrected chi connectivity index (χ3v) is 5.05. The summed E-state index contributed by atoms with van der Waals surface area (Å²) in [6, 6.07) is 7.21.